The molecule has 94 valence electrons. The highest BCUT2D eigenvalue weighted by Gasteiger charge is 2.24. The van der Waals surface area contributed by atoms with Gasteiger partial charge in [0.25, 0.3) is 5.91 Å². The molecule has 1 aliphatic rings. The van der Waals surface area contributed by atoms with Gasteiger partial charge in [-0.25, -0.2) is 0 Å². The van der Waals surface area contributed by atoms with Crippen LogP contribution in [0.1, 0.15) is 15.9 Å². The molecule has 0 bridgehead atoms. The number of morpholine rings is 1. The number of rotatable bonds is 2. The minimum Gasteiger partial charge on any atom is -0.394 e. The molecule has 1 aromatic rings. The Bertz CT molecular complexity index is 464. The molecule has 1 saturated heterocycles. The summed E-state index contributed by atoms with van der Waals surface area (Å²) in [5.74, 6) is -0.0961. The highest BCUT2D eigenvalue weighted by atomic mass is 16.5. The van der Waals surface area contributed by atoms with E-state index in [0.29, 0.717) is 30.8 Å². The van der Waals surface area contributed by atoms with Crippen molar-refractivity contribution in [3.05, 3.63) is 35.4 Å². The van der Waals surface area contributed by atoms with Gasteiger partial charge >= 0.3 is 0 Å². The molecule has 1 N–H and O–H groups in total. The fraction of sp³-hybridized carbons (Fsp3) is 0.385. The average molecular weight is 246 g/mol. The molecule has 5 nitrogen and oxygen atoms in total. The molecular weight excluding hydrogens is 232 g/mol. The van der Waals surface area contributed by atoms with Crippen LogP contribution in [0.4, 0.5) is 0 Å². The second-order valence-electron chi connectivity index (χ2n) is 4.12. The van der Waals surface area contributed by atoms with Gasteiger partial charge in [0.2, 0.25) is 0 Å². The fourth-order valence-electron chi connectivity index (χ4n) is 1.88. The zero-order valence-corrected chi connectivity index (χ0v) is 9.87. The topological polar surface area (TPSA) is 73.6 Å². The highest BCUT2D eigenvalue weighted by molar-refractivity contribution is 5.94. The molecule has 1 aliphatic heterocycles. The number of amides is 1. The van der Waals surface area contributed by atoms with Crippen molar-refractivity contribution in [1.82, 2.24) is 4.90 Å². The maximum absolute atomic E-state index is 12.2. The Morgan fingerprint density at radius 3 is 2.83 bits per heavy atom. The third kappa shape index (κ3) is 2.67. The number of aliphatic hydroxyl groups is 1. The lowest BCUT2D eigenvalue weighted by atomic mass is 10.1. The van der Waals surface area contributed by atoms with Crippen molar-refractivity contribution < 1.29 is 14.6 Å². The van der Waals surface area contributed by atoms with E-state index in [1.54, 1.807) is 29.2 Å². The normalized spacial score (nSPS) is 19.3. The van der Waals surface area contributed by atoms with Gasteiger partial charge in [0.1, 0.15) is 0 Å². The van der Waals surface area contributed by atoms with E-state index in [4.69, 9.17) is 15.1 Å². The van der Waals surface area contributed by atoms with Crippen LogP contribution in [0.2, 0.25) is 0 Å². The molecule has 0 saturated carbocycles. The predicted octanol–water partition coefficient (Wildman–Crippen LogP) is 0.392. The van der Waals surface area contributed by atoms with Crippen LogP contribution in [0.15, 0.2) is 24.3 Å². The van der Waals surface area contributed by atoms with Crippen LogP contribution < -0.4 is 0 Å². The summed E-state index contributed by atoms with van der Waals surface area (Å²) in [7, 11) is 0. The van der Waals surface area contributed by atoms with Gasteiger partial charge in [-0.2, -0.15) is 5.26 Å². The Balaban J connectivity index is 2.08. The number of hydrogen-bond donors (Lipinski definition) is 1. The summed E-state index contributed by atoms with van der Waals surface area (Å²) in [6, 6.07) is 8.54. The number of carbonyl (C=O) groups excluding carboxylic acids is 1. The van der Waals surface area contributed by atoms with E-state index in [1.807, 2.05) is 6.07 Å². The minimum absolute atomic E-state index is 0.0862. The molecule has 1 aromatic carbocycles. The van der Waals surface area contributed by atoms with Gasteiger partial charge < -0.3 is 14.7 Å². The summed E-state index contributed by atoms with van der Waals surface area (Å²) >= 11 is 0. The van der Waals surface area contributed by atoms with Crippen molar-refractivity contribution in [2.45, 2.75) is 6.10 Å². The quantitative estimate of drug-likeness (QED) is 0.819. The van der Waals surface area contributed by atoms with Crippen LogP contribution >= 0.6 is 0 Å². The maximum Gasteiger partial charge on any atom is 0.254 e. The van der Waals surface area contributed by atoms with Crippen molar-refractivity contribution >= 4 is 5.91 Å². The fourth-order valence-corrected chi connectivity index (χ4v) is 1.88. The van der Waals surface area contributed by atoms with E-state index in [-0.39, 0.29) is 18.6 Å². The van der Waals surface area contributed by atoms with Gasteiger partial charge in [-0.05, 0) is 24.3 Å². The van der Waals surface area contributed by atoms with E-state index in [2.05, 4.69) is 0 Å². The molecule has 5 heteroatoms. The molecule has 1 fully saturated rings. The van der Waals surface area contributed by atoms with Crippen LogP contribution in [0, 0.1) is 11.3 Å². The summed E-state index contributed by atoms with van der Waals surface area (Å²) in [6.45, 7) is 1.27. The number of nitrogens with zero attached hydrogens (tertiary/aromatic N) is 2. The molecule has 0 radical (unpaired) electrons. The Morgan fingerprint density at radius 1 is 1.50 bits per heavy atom. The lowest BCUT2D eigenvalue weighted by Crippen LogP contribution is -2.46. The van der Waals surface area contributed by atoms with Gasteiger partial charge in [0.05, 0.1) is 31.0 Å². The van der Waals surface area contributed by atoms with E-state index >= 15 is 0 Å². The Kier molecular flexibility index (Phi) is 3.92. The van der Waals surface area contributed by atoms with Crippen molar-refractivity contribution in [1.29, 1.82) is 5.26 Å². The molecule has 1 amide bonds. The first kappa shape index (κ1) is 12.6. The summed E-state index contributed by atoms with van der Waals surface area (Å²) in [5, 5.41) is 17.7. The van der Waals surface area contributed by atoms with Gasteiger partial charge in [0, 0.05) is 18.7 Å². The molecule has 0 spiro atoms. The summed E-state index contributed by atoms with van der Waals surface area (Å²) in [5.41, 5.74) is 1.08. The monoisotopic (exact) mass is 246 g/mol. The number of benzene rings is 1. The molecular formula is C13H14N2O3. The molecule has 18 heavy (non-hydrogen) atoms. The van der Waals surface area contributed by atoms with Crippen LogP contribution in [0.25, 0.3) is 0 Å². The predicted molar refractivity (Wildman–Crippen MR) is 63.9 cm³/mol. The standard InChI is InChI=1S/C13H14N2O3/c14-7-10-1-3-11(4-2-10)13(17)15-5-6-18-12(8-15)9-16/h1-4,12,16H,5-6,8-9H2. The minimum atomic E-state index is -0.305. The lowest BCUT2D eigenvalue weighted by molar-refractivity contribution is -0.0447. The largest absolute Gasteiger partial charge is 0.394 e. The highest BCUT2D eigenvalue weighted by Crippen LogP contribution is 2.11. The van der Waals surface area contributed by atoms with Crippen molar-refractivity contribution in [3.8, 4) is 6.07 Å². The van der Waals surface area contributed by atoms with Gasteiger partial charge in [-0.3, -0.25) is 4.79 Å². The van der Waals surface area contributed by atoms with E-state index in [1.165, 1.54) is 0 Å². The van der Waals surface area contributed by atoms with Crippen LogP contribution in [0.3, 0.4) is 0 Å². The average Bonchev–Trinajstić information content (AvgIpc) is 2.46. The first-order valence-electron chi connectivity index (χ1n) is 5.76. The van der Waals surface area contributed by atoms with Crippen molar-refractivity contribution in [2.24, 2.45) is 0 Å². The molecule has 0 aromatic heterocycles. The molecule has 2 rings (SSSR count). The van der Waals surface area contributed by atoms with Crippen molar-refractivity contribution in [3.63, 3.8) is 0 Å². The number of hydrogen-bond acceptors (Lipinski definition) is 4. The Hall–Kier alpha value is -1.90. The second-order valence-corrected chi connectivity index (χ2v) is 4.12. The summed E-state index contributed by atoms with van der Waals surface area (Å²) < 4.78 is 5.29. The number of aliphatic hydroxyl groups excluding tert-OH is 1. The molecule has 1 unspecified atom stereocenters. The van der Waals surface area contributed by atoms with Crippen LogP contribution in [0.5, 0.6) is 0 Å². The Labute approximate surface area is 105 Å². The van der Waals surface area contributed by atoms with Crippen LogP contribution in [-0.2, 0) is 4.74 Å². The van der Waals surface area contributed by atoms with Gasteiger partial charge in [-0.15, -0.1) is 0 Å². The second kappa shape index (κ2) is 5.63. The van der Waals surface area contributed by atoms with E-state index in [0.717, 1.165) is 0 Å². The van der Waals surface area contributed by atoms with Gasteiger partial charge in [-0.1, -0.05) is 0 Å². The first-order valence-corrected chi connectivity index (χ1v) is 5.76. The molecule has 1 atom stereocenters. The summed E-state index contributed by atoms with van der Waals surface area (Å²) in [4.78, 5) is 13.8. The molecule has 1 heterocycles. The third-order valence-corrected chi connectivity index (χ3v) is 2.89. The lowest BCUT2D eigenvalue weighted by Gasteiger charge is -2.32. The number of ether oxygens (including phenoxy) is 1. The zero-order valence-electron chi connectivity index (χ0n) is 9.87. The smallest absolute Gasteiger partial charge is 0.254 e. The third-order valence-electron chi connectivity index (χ3n) is 2.89. The first-order chi connectivity index (χ1) is 8.74. The zero-order chi connectivity index (χ0) is 13.0. The van der Waals surface area contributed by atoms with Gasteiger partial charge in [0.15, 0.2) is 0 Å². The summed E-state index contributed by atoms with van der Waals surface area (Å²) in [6.07, 6.45) is -0.305. The van der Waals surface area contributed by atoms with E-state index < -0.39 is 0 Å². The Morgan fingerprint density at radius 2 is 2.22 bits per heavy atom. The molecule has 0 aliphatic carbocycles. The van der Waals surface area contributed by atoms with Crippen molar-refractivity contribution in [2.75, 3.05) is 26.3 Å². The SMILES string of the molecule is N#Cc1ccc(C(=O)N2CCOC(CO)C2)cc1. The van der Waals surface area contributed by atoms with Crippen LogP contribution in [-0.4, -0.2) is 48.3 Å². The number of nitriles is 1. The van der Waals surface area contributed by atoms with E-state index in [9.17, 15) is 4.79 Å². The maximum atomic E-state index is 12.2. The number of carbonyl (C=O) groups is 1.